The van der Waals surface area contributed by atoms with E-state index in [-0.39, 0.29) is 5.97 Å². The first kappa shape index (κ1) is 12.5. The van der Waals surface area contributed by atoms with Crippen molar-refractivity contribution < 1.29 is 9.53 Å². The summed E-state index contributed by atoms with van der Waals surface area (Å²) in [7, 11) is 3.94. The molecule has 0 spiro atoms. The first-order chi connectivity index (χ1) is 7.18. The van der Waals surface area contributed by atoms with Gasteiger partial charge in [0.1, 0.15) is 6.61 Å². The molecule has 88 valence electrons. The standard InChI is InChI=1S/C11H22N2O2/c1-12(2)9-10-15-11(14)5-8-13-6-3-4-7-13/h3-10H2,1-2H3. The Morgan fingerprint density at radius 2 is 2.00 bits per heavy atom. The molecule has 0 aromatic carbocycles. The fraction of sp³-hybridized carbons (Fsp3) is 0.909. The molecular formula is C11H22N2O2. The van der Waals surface area contributed by atoms with Crippen LogP contribution in [0.25, 0.3) is 0 Å². The van der Waals surface area contributed by atoms with E-state index in [0.29, 0.717) is 13.0 Å². The summed E-state index contributed by atoms with van der Waals surface area (Å²) in [5.41, 5.74) is 0. The molecule has 15 heavy (non-hydrogen) atoms. The van der Waals surface area contributed by atoms with Gasteiger partial charge in [0.05, 0.1) is 6.42 Å². The van der Waals surface area contributed by atoms with Gasteiger partial charge in [0, 0.05) is 13.1 Å². The average Bonchev–Trinajstić information content (AvgIpc) is 2.66. The SMILES string of the molecule is CN(C)CCOC(=O)CCN1CCCC1. The largest absolute Gasteiger partial charge is 0.464 e. The number of hydrogen-bond acceptors (Lipinski definition) is 4. The zero-order valence-corrected chi connectivity index (χ0v) is 9.87. The summed E-state index contributed by atoms with van der Waals surface area (Å²) in [4.78, 5) is 15.6. The maximum absolute atomic E-state index is 11.3. The Labute approximate surface area is 92.2 Å². The van der Waals surface area contributed by atoms with Gasteiger partial charge in [-0.2, -0.15) is 0 Å². The van der Waals surface area contributed by atoms with E-state index in [4.69, 9.17) is 4.74 Å². The number of carbonyl (C=O) groups excluding carboxylic acids is 1. The van der Waals surface area contributed by atoms with Crippen LogP contribution in [0.5, 0.6) is 0 Å². The van der Waals surface area contributed by atoms with Crippen LogP contribution in [0.2, 0.25) is 0 Å². The van der Waals surface area contributed by atoms with Crippen molar-refractivity contribution in [3.8, 4) is 0 Å². The van der Waals surface area contributed by atoms with E-state index in [9.17, 15) is 4.79 Å². The third-order valence-electron chi connectivity index (χ3n) is 2.63. The van der Waals surface area contributed by atoms with Gasteiger partial charge in [-0.1, -0.05) is 0 Å². The Kier molecular flexibility index (Phi) is 5.65. The summed E-state index contributed by atoms with van der Waals surface area (Å²) in [5, 5.41) is 0. The third-order valence-corrected chi connectivity index (χ3v) is 2.63. The van der Waals surface area contributed by atoms with Crippen LogP contribution in [0.1, 0.15) is 19.3 Å². The summed E-state index contributed by atoms with van der Waals surface area (Å²) in [6.07, 6.45) is 3.08. The number of carbonyl (C=O) groups is 1. The molecule has 0 amide bonds. The predicted octanol–water partition coefficient (Wildman–Crippen LogP) is 0.577. The van der Waals surface area contributed by atoms with Crippen LogP contribution < -0.4 is 0 Å². The number of likely N-dealkylation sites (tertiary alicyclic amines) is 1. The van der Waals surface area contributed by atoms with Crippen molar-refractivity contribution in [2.45, 2.75) is 19.3 Å². The lowest BCUT2D eigenvalue weighted by molar-refractivity contribution is -0.144. The molecule has 1 aliphatic rings. The molecule has 1 aliphatic heterocycles. The zero-order chi connectivity index (χ0) is 11.1. The molecule has 0 unspecified atom stereocenters. The van der Waals surface area contributed by atoms with Crippen LogP contribution in [-0.4, -0.2) is 62.7 Å². The van der Waals surface area contributed by atoms with Gasteiger partial charge in [-0.05, 0) is 40.0 Å². The lowest BCUT2D eigenvalue weighted by Crippen LogP contribution is -2.25. The zero-order valence-electron chi connectivity index (χ0n) is 9.87. The lowest BCUT2D eigenvalue weighted by atomic mass is 10.4. The Bertz CT molecular complexity index is 189. The van der Waals surface area contributed by atoms with Gasteiger partial charge in [0.25, 0.3) is 0 Å². The summed E-state index contributed by atoms with van der Waals surface area (Å²) in [6, 6.07) is 0. The highest BCUT2D eigenvalue weighted by Crippen LogP contribution is 2.07. The maximum Gasteiger partial charge on any atom is 0.307 e. The van der Waals surface area contributed by atoms with Gasteiger partial charge in [0.15, 0.2) is 0 Å². The van der Waals surface area contributed by atoms with E-state index >= 15 is 0 Å². The van der Waals surface area contributed by atoms with Crippen molar-refractivity contribution in [3.05, 3.63) is 0 Å². The monoisotopic (exact) mass is 214 g/mol. The van der Waals surface area contributed by atoms with Gasteiger partial charge in [-0.25, -0.2) is 0 Å². The van der Waals surface area contributed by atoms with Crippen LogP contribution in [-0.2, 0) is 9.53 Å². The predicted molar refractivity (Wildman–Crippen MR) is 59.8 cm³/mol. The van der Waals surface area contributed by atoms with Gasteiger partial charge < -0.3 is 14.5 Å². The molecule has 4 nitrogen and oxygen atoms in total. The summed E-state index contributed by atoms with van der Waals surface area (Å²) >= 11 is 0. The Hall–Kier alpha value is -0.610. The molecule has 0 aromatic heterocycles. The molecule has 0 atom stereocenters. The molecule has 0 saturated carbocycles. The molecule has 1 fully saturated rings. The second-order valence-corrected chi connectivity index (χ2v) is 4.32. The van der Waals surface area contributed by atoms with Gasteiger partial charge in [0.2, 0.25) is 0 Å². The molecule has 1 heterocycles. The first-order valence-corrected chi connectivity index (χ1v) is 5.71. The van der Waals surface area contributed by atoms with Crippen LogP contribution >= 0.6 is 0 Å². The molecule has 0 bridgehead atoms. The quantitative estimate of drug-likeness (QED) is 0.605. The van der Waals surface area contributed by atoms with Crippen LogP contribution in [0.4, 0.5) is 0 Å². The summed E-state index contributed by atoms with van der Waals surface area (Å²) in [6.45, 7) is 4.46. The van der Waals surface area contributed by atoms with Crippen molar-refractivity contribution in [2.24, 2.45) is 0 Å². The highest BCUT2D eigenvalue weighted by molar-refractivity contribution is 5.69. The van der Waals surface area contributed by atoms with Crippen molar-refractivity contribution in [1.82, 2.24) is 9.80 Å². The number of ether oxygens (including phenoxy) is 1. The lowest BCUT2D eigenvalue weighted by Gasteiger charge is -2.14. The molecule has 0 radical (unpaired) electrons. The minimum Gasteiger partial charge on any atom is -0.464 e. The summed E-state index contributed by atoms with van der Waals surface area (Å²) in [5.74, 6) is -0.0660. The highest BCUT2D eigenvalue weighted by atomic mass is 16.5. The Morgan fingerprint density at radius 3 is 2.60 bits per heavy atom. The molecular weight excluding hydrogens is 192 g/mol. The highest BCUT2D eigenvalue weighted by Gasteiger charge is 2.13. The van der Waals surface area contributed by atoms with Crippen molar-refractivity contribution in [2.75, 3.05) is 46.9 Å². The van der Waals surface area contributed by atoms with Gasteiger partial charge in [-0.3, -0.25) is 4.79 Å². The minimum atomic E-state index is -0.0660. The van der Waals surface area contributed by atoms with E-state index in [0.717, 1.165) is 26.2 Å². The van der Waals surface area contributed by atoms with E-state index in [1.54, 1.807) is 0 Å². The van der Waals surface area contributed by atoms with Crippen molar-refractivity contribution >= 4 is 5.97 Å². The Morgan fingerprint density at radius 1 is 1.33 bits per heavy atom. The number of likely N-dealkylation sites (N-methyl/N-ethyl adjacent to an activating group) is 1. The molecule has 0 aliphatic carbocycles. The van der Waals surface area contributed by atoms with Crippen LogP contribution in [0.15, 0.2) is 0 Å². The number of nitrogens with zero attached hydrogens (tertiary/aromatic N) is 2. The normalized spacial score (nSPS) is 17.3. The van der Waals surface area contributed by atoms with Crippen molar-refractivity contribution in [1.29, 1.82) is 0 Å². The second-order valence-electron chi connectivity index (χ2n) is 4.32. The molecule has 0 aromatic rings. The number of esters is 1. The maximum atomic E-state index is 11.3. The smallest absolute Gasteiger partial charge is 0.307 e. The Balaban J connectivity index is 1.98. The first-order valence-electron chi connectivity index (χ1n) is 5.71. The van der Waals surface area contributed by atoms with Crippen LogP contribution in [0.3, 0.4) is 0 Å². The fourth-order valence-electron chi connectivity index (χ4n) is 1.67. The minimum absolute atomic E-state index is 0.0660. The van der Waals surface area contributed by atoms with Crippen LogP contribution in [0, 0.1) is 0 Å². The molecule has 1 saturated heterocycles. The second kappa shape index (κ2) is 6.80. The van der Waals surface area contributed by atoms with Gasteiger partial charge in [-0.15, -0.1) is 0 Å². The van der Waals surface area contributed by atoms with Gasteiger partial charge >= 0.3 is 5.97 Å². The van der Waals surface area contributed by atoms with E-state index in [2.05, 4.69) is 4.90 Å². The third kappa shape index (κ3) is 5.74. The average molecular weight is 214 g/mol. The molecule has 0 N–H and O–H groups in total. The van der Waals surface area contributed by atoms with E-state index in [1.807, 2.05) is 19.0 Å². The molecule has 4 heteroatoms. The topological polar surface area (TPSA) is 32.8 Å². The number of hydrogen-bond donors (Lipinski definition) is 0. The fourth-order valence-corrected chi connectivity index (χ4v) is 1.67. The van der Waals surface area contributed by atoms with Crippen molar-refractivity contribution in [3.63, 3.8) is 0 Å². The summed E-state index contributed by atoms with van der Waals surface area (Å²) < 4.78 is 5.11. The van der Waals surface area contributed by atoms with E-state index < -0.39 is 0 Å². The molecule has 1 rings (SSSR count). The van der Waals surface area contributed by atoms with E-state index in [1.165, 1.54) is 12.8 Å². The number of rotatable bonds is 6.